The predicted molar refractivity (Wildman–Crippen MR) is 306 cm³/mol. The lowest BCUT2D eigenvalue weighted by molar-refractivity contribution is -0.221. The zero-order chi connectivity index (χ0) is 67.1. The Morgan fingerprint density at radius 1 is 0.447 bits per heavy atom. The summed E-state index contributed by atoms with van der Waals surface area (Å²) in [7, 11) is -7.20. The van der Waals surface area contributed by atoms with E-state index in [0.717, 1.165) is 27.5 Å². The molecule has 0 unspecified atom stereocenters. The average molecular weight is 1280 g/mol. The number of esters is 2. The highest BCUT2D eigenvalue weighted by molar-refractivity contribution is 7.97. The largest absolute Gasteiger partial charge is 0.522 e. The number of carbonyl (C=O) groups excluding carboxylic acids is 2. The molecule has 0 saturated heterocycles. The number of aromatic carboxylic acids is 2. The lowest BCUT2D eigenvalue weighted by Gasteiger charge is -2.20. The van der Waals surface area contributed by atoms with Gasteiger partial charge in [-0.05, 0) is 66.1 Å². The normalized spacial score (nSPS) is 11.4. The van der Waals surface area contributed by atoms with E-state index in [1.807, 2.05) is 144 Å². The van der Waals surface area contributed by atoms with Crippen LogP contribution in [-0.4, -0.2) is 75.3 Å². The summed E-state index contributed by atoms with van der Waals surface area (Å²) >= 11 is 0. The van der Waals surface area contributed by atoms with Gasteiger partial charge in [0.05, 0.1) is 16.4 Å². The van der Waals surface area contributed by atoms with E-state index in [2.05, 4.69) is 53.3 Å². The Labute approximate surface area is 494 Å². The summed E-state index contributed by atoms with van der Waals surface area (Å²) in [6.45, 7) is 24.2. The Kier molecular flexibility index (Phi) is 42.4. The van der Waals surface area contributed by atoms with Crippen LogP contribution < -0.4 is 0 Å². The van der Waals surface area contributed by atoms with Gasteiger partial charge in [-0.1, -0.05) is 186 Å². The molecule has 26 heteroatoms. The lowest BCUT2D eigenvalue weighted by atomic mass is 10.0. The van der Waals surface area contributed by atoms with Crippen LogP contribution in [0, 0.1) is 0 Å². The van der Waals surface area contributed by atoms with Crippen LogP contribution in [0.25, 0.3) is 0 Å². The Bertz CT molecular complexity index is 2900. The zero-order valence-electron chi connectivity index (χ0n) is 48.7. The third kappa shape index (κ3) is 31.6. The second-order valence-corrected chi connectivity index (χ2v) is 19.0. The number of fused-ring (bicyclic) bond motifs is 4. The van der Waals surface area contributed by atoms with Crippen molar-refractivity contribution in [1.82, 2.24) is 0 Å². The van der Waals surface area contributed by atoms with Gasteiger partial charge in [0.2, 0.25) is 0 Å². The molecule has 0 saturated carbocycles. The molecule has 0 spiro atoms. The fourth-order valence-electron chi connectivity index (χ4n) is 5.85. The van der Waals surface area contributed by atoms with Crippen LogP contribution in [0.4, 0.5) is 52.7 Å². The zero-order valence-corrected chi connectivity index (χ0v) is 51.2. The van der Waals surface area contributed by atoms with Crippen LogP contribution in [0.5, 0.6) is 0 Å². The number of hydrogen-bond donors (Lipinski definition) is 3. The molecule has 474 valence electrons. The monoisotopic (exact) mass is 1280 g/mol. The molecule has 11 nitrogen and oxygen atoms in total. The summed E-state index contributed by atoms with van der Waals surface area (Å²) in [5, 5.41) is 18.0. The molecule has 0 aromatic heterocycles. The first-order chi connectivity index (χ1) is 39.7. The molecule has 0 fully saturated rings. The number of hydrogen-bond acceptors (Lipinski definition) is 8. The third-order valence-corrected chi connectivity index (χ3v) is 13.4. The van der Waals surface area contributed by atoms with E-state index >= 15 is 0 Å². The van der Waals surface area contributed by atoms with Gasteiger partial charge in [0.1, 0.15) is 16.5 Å². The summed E-state index contributed by atoms with van der Waals surface area (Å²) in [4.78, 5) is 46.5. The van der Waals surface area contributed by atoms with Crippen LogP contribution in [0.1, 0.15) is 133 Å². The minimum absolute atomic E-state index is 0.188. The summed E-state index contributed by atoms with van der Waals surface area (Å²) < 4.78 is 170. The molecular formula is C59H71F12O11S3+. The minimum atomic E-state index is -5.84. The minimum Gasteiger partial charge on any atom is -0.478 e. The summed E-state index contributed by atoms with van der Waals surface area (Å²) in [5.74, 6) is -8.14. The van der Waals surface area contributed by atoms with Crippen molar-refractivity contribution in [3.63, 3.8) is 0 Å². The van der Waals surface area contributed by atoms with Crippen molar-refractivity contribution in [2.24, 2.45) is 0 Å². The Hall–Kier alpha value is -7.03. The van der Waals surface area contributed by atoms with Crippen molar-refractivity contribution in [3.8, 4) is 0 Å². The smallest absolute Gasteiger partial charge is 0.478 e. The maximum atomic E-state index is 12.2. The number of ether oxygens (including phenoxy) is 1. The van der Waals surface area contributed by atoms with E-state index in [9.17, 15) is 81.2 Å². The number of halogens is 12. The maximum Gasteiger partial charge on any atom is 0.522 e. The number of rotatable bonds is 3. The highest BCUT2D eigenvalue weighted by Gasteiger charge is 2.49. The van der Waals surface area contributed by atoms with Crippen molar-refractivity contribution in [2.45, 2.75) is 151 Å². The SMILES string of the molecule is CC.CC.CC.CC.CC.CC.CC(F)(F)F.O=C(O)c1ccccc1.O=C(O)c1ccccc1[S+]1c2ccccc2Cc2ccccc21.O=C(OC(=O)C(F)(F)F)C(F)(F)F.O=S(=O)(O)C(F)(F)F.O=S1c2ccccc2Cc2ccccc21. The molecule has 0 aliphatic carbocycles. The quantitative estimate of drug-likeness (QED) is 0.0381. The number of carboxylic acid groups (broad SMARTS) is 2. The van der Waals surface area contributed by atoms with Gasteiger partial charge < -0.3 is 14.9 Å². The predicted octanol–water partition coefficient (Wildman–Crippen LogP) is 17.8. The fourth-order valence-corrected chi connectivity index (χ4v) is 9.78. The third-order valence-electron chi connectivity index (χ3n) is 8.79. The van der Waals surface area contributed by atoms with Gasteiger partial charge in [-0.2, -0.15) is 61.1 Å². The van der Waals surface area contributed by atoms with Crippen molar-refractivity contribution in [3.05, 3.63) is 185 Å². The first kappa shape index (κ1) is 84.4. The van der Waals surface area contributed by atoms with E-state index in [1.165, 1.54) is 32.0 Å². The second-order valence-electron chi connectivity index (χ2n) is 14.2. The van der Waals surface area contributed by atoms with Crippen molar-refractivity contribution in [2.75, 3.05) is 0 Å². The van der Waals surface area contributed by atoms with Crippen LogP contribution >= 0.6 is 0 Å². The molecule has 0 radical (unpaired) electrons. The van der Waals surface area contributed by atoms with Crippen molar-refractivity contribution >= 4 is 55.7 Å². The molecule has 2 aliphatic heterocycles. The van der Waals surface area contributed by atoms with Crippen LogP contribution in [0.15, 0.2) is 176 Å². The van der Waals surface area contributed by atoms with Gasteiger partial charge in [-0.25, -0.2) is 23.4 Å². The molecule has 3 N–H and O–H groups in total. The topological polar surface area (TPSA) is 189 Å². The summed E-state index contributed by atoms with van der Waals surface area (Å²) in [6, 6.07) is 48.3. The molecule has 2 aliphatic rings. The molecule has 2 heterocycles. The van der Waals surface area contributed by atoms with Crippen LogP contribution in [0.3, 0.4) is 0 Å². The van der Waals surface area contributed by atoms with Gasteiger partial charge in [-0.15, -0.1) is 0 Å². The molecule has 6 aromatic rings. The standard InChI is InChI=1S/C20H14O2S.C13H10OS.C7H6O2.C4F6O3.C2H3F3.6C2H6.CHF3O3S/c21-20(22)16-9-3-6-12-19(16)23-17-10-4-1-7-14(17)13-15-8-2-5-11-18(15)23;14-15-12-7-3-1-5-10(12)9-11-6-2-4-8-13(11)15;8-7(9)6-4-2-1-3-5-6;5-3(6,7)1(11)13-2(12)4(8,9)10;1-2(3,4)5;6*1-2;2-1(3,4)8(5,6)7/h1-12H,13H2;1-8H,9H2;1-5H,(H,8,9);;1H3;6*1-2H3;(H,5,6,7)/p+1. The lowest BCUT2D eigenvalue weighted by Crippen LogP contribution is -2.34. The summed E-state index contributed by atoms with van der Waals surface area (Å²) in [6.07, 6.45) is -13.4. The van der Waals surface area contributed by atoms with Gasteiger partial charge in [0.15, 0.2) is 14.7 Å². The van der Waals surface area contributed by atoms with Gasteiger partial charge in [-0.3, -0.25) is 4.55 Å². The van der Waals surface area contributed by atoms with Crippen molar-refractivity contribution < 1.29 is 104 Å². The van der Waals surface area contributed by atoms with Gasteiger partial charge >= 0.3 is 58.0 Å². The van der Waals surface area contributed by atoms with Gasteiger partial charge in [0.25, 0.3) is 0 Å². The Balaban J connectivity index is -0.000000470. The van der Waals surface area contributed by atoms with Crippen molar-refractivity contribution in [1.29, 1.82) is 0 Å². The molecule has 0 amide bonds. The summed E-state index contributed by atoms with van der Waals surface area (Å²) in [5.41, 5.74) is 0.140. The fraction of sp³-hybridized carbons (Fsp3) is 0.322. The molecule has 0 bridgehead atoms. The molecule has 8 rings (SSSR count). The maximum absolute atomic E-state index is 12.2. The molecule has 85 heavy (non-hydrogen) atoms. The van der Waals surface area contributed by atoms with E-state index in [1.54, 1.807) is 42.5 Å². The Morgan fingerprint density at radius 2 is 0.718 bits per heavy atom. The number of carbonyl (C=O) groups is 4. The first-order valence-corrected chi connectivity index (χ1v) is 29.6. The Morgan fingerprint density at radius 3 is 1.01 bits per heavy atom. The molecular weight excluding hydrogens is 1210 g/mol. The van der Waals surface area contributed by atoms with Crippen LogP contribution in [-0.2, 0) is 59.0 Å². The number of alkyl halides is 12. The highest BCUT2D eigenvalue weighted by atomic mass is 32.2. The van der Waals surface area contributed by atoms with Gasteiger partial charge in [0, 0.05) is 34.3 Å². The van der Waals surface area contributed by atoms with E-state index < -0.39 is 68.8 Å². The highest BCUT2D eigenvalue weighted by Crippen LogP contribution is 2.41. The van der Waals surface area contributed by atoms with Crippen LogP contribution in [0.2, 0.25) is 0 Å². The first-order valence-electron chi connectivity index (χ1n) is 25.8. The van der Waals surface area contributed by atoms with E-state index in [4.69, 9.17) is 18.1 Å². The average Bonchev–Trinajstić information content (AvgIpc) is 1.28. The second kappa shape index (κ2) is 42.7. The number of carboxylic acids is 2. The van der Waals surface area contributed by atoms with E-state index in [-0.39, 0.29) is 17.8 Å². The molecule has 0 atom stereocenters. The molecule has 6 aromatic carbocycles. The van der Waals surface area contributed by atoms with E-state index in [0.29, 0.717) is 11.1 Å². The number of benzene rings is 6.